The van der Waals surface area contributed by atoms with Gasteiger partial charge in [0.25, 0.3) is 0 Å². The lowest BCUT2D eigenvalue weighted by atomic mass is 10.1. The Morgan fingerprint density at radius 2 is 1.61 bits per heavy atom. The summed E-state index contributed by atoms with van der Waals surface area (Å²) in [5, 5.41) is 2.94. The van der Waals surface area contributed by atoms with Crippen molar-refractivity contribution in [3.8, 4) is 11.5 Å². The van der Waals surface area contributed by atoms with Crippen molar-refractivity contribution in [2.45, 2.75) is 52.2 Å². The molecular weight excluding hydrogens is 482 g/mol. The molecule has 10 heteroatoms. The molecule has 2 amide bonds. The van der Waals surface area contributed by atoms with Crippen molar-refractivity contribution in [3.63, 3.8) is 0 Å². The molecule has 0 aliphatic carbocycles. The van der Waals surface area contributed by atoms with Gasteiger partial charge in [0.15, 0.2) is 0 Å². The molecule has 0 radical (unpaired) electrons. The number of carbonyl (C=O) groups is 2. The van der Waals surface area contributed by atoms with Crippen molar-refractivity contribution in [2.24, 2.45) is 0 Å². The smallest absolute Gasteiger partial charge is 0.244 e. The Morgan fingerprint density at radius 3 is 2.11 bits per heavy atom. The minimum absolute atomic E-state index is 0.114. The van der Waals surface area contributed by atoms with Gasteiger partial charge in [-0.2, -0.15) is 0 Å². The molecule has 2 aromatic rings. The Bertz CT molecular complexity index is 1140. The maximum absolute atomic E-state index is 13.7. The van der Waals surface area contributed by atoms with E-state index in [-0.39, 0.29) is 18.1 Å². The number of hydrogen-bond acceptors (Lipinski definition) is 6. The van der Waals surface area contributed by atoms with Crippen LogP contribution in [0.1, 0.15) is 39.7 Å². The largest absolute Gasteiger partial charge is 0.497 e. The van der Waals surface area contributed by atoms with E-state index in [9.17, 15) is 18.0 Å². The molecule has 0 aliphatic heterocycles. The van der Waals surface area contributed by atoms with Gasteiger partial charge in [0.2, 0.25) is 21.8 Å². The van der Waals surface area contributed by atoms with Crippen LogP contribution in [0, 0.1) is 0 Å². The highest BCUT2D eigenvalue weighted by atomic mass is 32.2. The lowest BCUT2D eigenvalue weighted by Crippen LogP contribution is -2.55. The third-order valence-electron chi connectivity index (χ3n) is 5.43. The zero-order valence-corrected chi connectivity index (χ0v) is 22.9. The van der Waals surface area contributed by atoms with Crippen LogP contribution < -0.4 is 19.1 Å². The SMILES string of the molecule is CC[C@H](C(=O)NC(C)(C)C)N(Cc1ccc(OC)cc1)C(=O)CN(c1ccccc1OC)S(C)(=O)=O. The average molecular weight is 520 g/mol. The normalized spacial score (nSPS) is 12.4. The summed E-state index contributed by atoms with van der Waals surface area (Å²) in [5.74, 6) is 0.150. The first-order chi connectivity index (χ1) is 16.8. The van der Waals surface area contributed by atoms with Crippen LogP contribution in [-0.2, 0) is 26.2 Å². The third kappa shape index (κ3) is 7.87. The summed E-state index contributed by atoms with van der Waals surface area (Å²) in [6.07, 6.45) is 1.38. The number of rotatable bonds is 11. The lowest BCUT2D eigenvalue weighted by molar-refractivity contribution is -0.141. The van der Waals surface area contributed by atoms with Gasteiger partial charge >= 0.3 is 0 Å². The second-order valence-electron chi connectivity index (χ2n) is 9.47. The molecule has 2 rings (SSSR count). The quantitative estimate of drug-likeness (QED) is 0.489. The van der Waals surface area contributed by atoms with Gasteiger partial charge in [0, 0.05) is 12.1 Å². The molecule has 0 saturated carbocycles. The number of nitrogens with one attached hydrogen (secondary N) is 1. The Kier molecular flexibility index (Phi) is 9.75. The molecule has 0 saturated heterocycles. The second kappa shape index (κ2) is 12.1. The predicted molar refractivity (Wildman–Crippen MR) is 141 cm³/mol. The van der Waals surface area contributed by atoms with Crippen LogP contribution in [0.5, 0.6) is 11.5 Å². The molecule has 198 valence electrons. The minimum atomic E-state index is -3.85. The topological polar surface area (TPSA) is 105 Å². The number of para-hydroxylation sites is 2. The fraction of sp³-hybridized carbons (Fsp3) is 0.462. The maximum atomic E-state index is 13.7. The van der Waals surface area contributed by atoms with Crippen molar-refractivity contribution in [3.05, 3.63) is 54.1 Å². The maximum Gasteiger partial charge on any atom is 0.244 e. The Balaban J connectivity index is 2.49. The number of carbonyl (C=O) groups excluding carboxylic acids is 2. The minimum Gasteiger partial charge on any atom is -0.497 e. The van der Waals surface area contributed by atoms with E-state index in [2.05, 4.69) is 5.32 Å². The summed E-state index contributed by atoms with van der Waals surface area (Å²) in [5.41, 5.74) is 0.511. The summed E-state index contributed by atoms with van der Waals surface area (Å²) < 4.78 is 37.1. The number of anilines is 1. The molecule has 0 aliphatic rings. The van der Waals surface area contributed by atoms with Crippen LogP contribution >= 0.6 is 0 Å². The van der Waals surface area contributed by atoms with Gasteiger partial charge in [0.05, 0.1) is 26.2 Å². The van der Waals surface area contributed by atoms with Crippen molar-refractivity contribution in [1.82, 2.24) is 10.2 Å². The van der Waals surface area contributed by atoms with Crippen molar-refractivity contribution >= 4 is 27.5 Å². The van der Waals surface area contributed by atoms with Crippen LogP contribution in [-0.4, -0.2) is 63.7 Å². The molecule has 0 bridgehead atoms. The third-order valence-corrected chi connectivity index (χ3v) is 6.56. The number of ether oxygens (including phenoxy) is 2. The highest BCUT2D eigenvalue weighted by molar-refractivity contribution is 7.92. The van der Waals surface area contributed by atoms with Gasteiger partial charge in [-0.25, -0.2) is 8.42 Å². The molecule has 0 unspecified atom stereocenters. The molecule has 0 spiro atoms. The number of methoxy groups -OCH3 is 2. The highest BCUT2D eigenvalue weighted by Gasteiger charge is 2.33. The zero-order valence-electron chi connectivity index (χ0n) is 22.1. The Hall–Kier alpha value is -3.27. The van der Waals surface area contributed by atoms with E-state index in [1.807, 2.05) is 39.8 Å². The summed E-state index contributed by atoms with van der Waals surface area (Å²) >= 11 is 0. The van der Waals surface area contributed by atoms with Crippen LogP contribution in [0.2, 0.25) is 0 Å². The average Bonchev–Trinajstić information content (AvgIpc) is 2.80. The molecule has 36 heavy (non-hydrogen) atoms. The van der Waals surface area contributed by atoms with Crippen LogP contribution in [0.4, 0.5) is 5.69 Å². The van der Waals surface area contributed by atoms with Crippen molar-refractivity contribution in [1.29, 1.82) is 0 Å². The first-order valence-corrected chi connectivity index (χ1v) is 13.5. The van der Waals surface area contributed by atoms with Gasteiger partial charge in [0.1, 0.15) is 24.1 Å². The molecule has 0 aromatic heterocycles. The van der Waals surface area contributed by atoms with E-state index < -0.39 is 34.1 Å². The second-order valence-corrected chi connectivity index (χ2v) is 11.4. The van der Waals surface area contributed by atoms with Gasteiger partial charge in [-0.15, -0.1) is 0 Å². The van der Waals surface area contributed by atoms with E-state index in [0.717, 1.165) is 16.1 Å². The van der Waals surface area contributed by atoms with Gasteiger partial charge in [-0.3, -0.25) is 13.9 Å². The zero-order chi connectivity index (χ0) is 27.1. The molecule has 2 aromatic carbocycles. The molecule has 0 heterocycles. The number of sulfonamides is 1. The van der Waals surface area contributed by atoms with Crippen molar-refractivity contribution < 1.29 is 27.5 Å². The molecular formula is C26H37N3O6S. The van der Waals surface area contributed by atoms with E-state index in [4.69, 9.17) is 9.47 Å². The molecule has 1 atom stereocenters. The summed E-state index contributed by atoms with van der Waals surface area (Å²) in [7, 11) is -0.860. The molecule has 9 nitrogen and oxygen atoms in total. The van der Waals surface area contributed by atoms with Gasteiger partial charge < -0.3 is 19.7 Å². The molecule has 0 fully saturated rings. The monoisotopic (exact) mass is 519 g/mol. The number of nitrogens with zero attached hydrogens (tertiary/aromatic N) is 2. The molecule has 1 N–H and O–H groups in total. The highest BCUT2D eigenvalue weighted by Crippen LogP contribution is 2.30. The first-order valence-electron chi connectivity index (χ1n) is 11.7. The fourth-order valence-corrected chi connectivity index (χ4v) is 4.58. The van der Waals surface area contributed by atoms with E-state index >= 15 is 0 Å². The van der Waals surface area contributed by atoms with Gasteiger partial charge in [-0.05, 0) is 57.0 Å². The van der Waals surface area contributed by atoms with E-state index in [1.54, 1.807) is 43.5 Å². The van der Waals surface area contributed by atoms with Crippen LogP contribution in [0.3, 0.4) is 0 Å². The first kappa shape index (κ1) is 29.0. The number of benzene rings is 2. The Labute approximate surface area is 214 Å². The fourth-order valence-electron chi connectivity index (χ4n) is 3.73. The van der Waals surface area contributed by atoms with E-state index in [1.165, 1.54) is 12.0 Å². The number of amides is 2. The predicted octanol–water partition coefficient (Wildman–Crippen LogP) is 3.19. The van der Waals surface area contributed by atoms with Crippen LogP contribution in [0.15, 0.2) is 48.5 Å². The summed E-state index contributed by atoms with van der Waals surface area (Å²) in [6, 6.07) is 12.9. The lowest BCUT2D eigenvalue weighted by Gasteiger charge is -2.34. The van der Waals surface area contributed by atoms with Crippen LogP contribution in [0.25, 0.3) is 0 Å². The Morgan fingerprint density at radius 1 is 1.00 bits per heavy atom. The number of hydrogen-bond donors (Lipinski definition) is 1. The van der Waals surface area contributed by atoms with Crippen molar-refractivity contribution in [2.75, 3.05) is 31.3 Å². The van der Waals surface area contributed by atoms with E-state index in [0.29, 0.717) is 17.9 Å². The summed E-state index contributed by atoms with van der Waals surface area (Å²) in [6.45, 7) is 7.02. The summed E-state index contributed by atoms with van der Waals surface area (Å²) in [4.78, 5) is 28.4. The standard InChI is InChI=1S/C26H37N3O6S/c1-8-21(25(31)27-26(2,3)4)28(17-19-13-15-20(34-5)16-14-19)24(30)18-29(36(7,32)33)22-11-9-10-12-23(22)35-6/h9-16,21H,8,17-18H2,1-7H3,(H,27,31)/t21-/m1/s1. The van der Waals surface area contributed by atoms with Gasteiger partial charge in [-0.1, -0.05) is 31.2 Å².